The highest BCUT2D eigenvalue weighted by Crippen LogP contribution is 2.10. The number of likely N-dealkylation sites (tertiary alicyclic amines) is 1. The smallest absolute Gasteiger partial charge is 0.241 e. The molecule has 2 heterocycles. The number of carbonyl (C=O) groups excluding carboxylic acids is 1. The molecule has 1 saturated heterocycles. The van der Waals surface area contributed by atoms with Crippen LogP contribution in [0.25, 0.3) is 0 Å². The van der Waals surface area contributed by atoms with Gasteiger partial charge in [-0.05, 0) is 12.8 Å². The zero-order valence-corrected chi connectivity index (χ0v) is 9.52. The molecule has 17 heavy (non-hydrogen) atoms. The van der Waals surface area contributed by atoms with E-state index in [2.05, 4.69) is 15.3 Å². The lowest BCUT2D eigenvalue weighted by Crippen LogP contribution is -2.33. The summed E-state index contributed by atoms with van der Waals surface area (Å²) in [5.41, 5.74) is 11.0. The summed E-state index contributed by atoms with van der Waals surface area (Å²) in [7, 11) is 0. The monoisotopic (exact) mass is 236 g/mol. The number of rotatable bonds is 3. The van der Waals surface area contributed by atoms with Crippen LogP contribution in [0.5, 0.6) is 0 Å². The predicted octanol–water partition coefficient (Wildman–Crippen LogP) is -0.325. The Morgan fingerprint density at radius 1 is 1.35 bits per heavy atom. The molecule has 1 amide bonds. The largest absolute Gasteiger partial charge is 0.383 e. The molecule has 0 bridgehead atoms. The van der Waals surface area contributed by atoms with Crippen LogP contribution >= 0.6 is 0 Å². The average Bonchev–Trinajstić information content (AvgIpc) is 2.78. The third-order valence-corrected chi connectivity index (χ3v) is 2.64. The van der Waals surface area contributed by atoms with Crippen molar-refractivity contribution >= 4 is 23.5 Å². The zero-order chi connectivity index (χ0) is 12.3. The van der Waals surface area contributed by atoms with E-state index >= 15 is 0 Å². The van der Waals surface area contributed by atoms with Crippen LogP contribution in [0.15, 0.2) is 6.07 Å². The van der Waals surface area contributed by atoms with Gasteiger partial charge >= 0.3 is 0 Å². The van der Waals surface area contributed by atoms with Crippen LogP contribution in [-0.2, 0) is 4.79 Å². The highest BCUT2D eigenvalue weighted by molar-refractivity contribution is 5.80. The van der Waals surface area contributed by atoms with Crippen molar-refractivity contribution in [1.29, 1.82) is 0 Å². The van der Waals surface area contributed by atoms with E-state index in [4.69, 9.17) is 11.5 Å². The molecule has 5 N–H and O–H groups in total. The summed E-state index contributed by atoms with van der Waals surface area (Å²) >= 11 is 0. The van der Waals surface area contributed by atoms with Gasteiger partial charge in [-0.1, -0.05) is 0 Å². The van der Waals surface area contributed by atoms with E-state index in [0.29, 0.717) is 5.82 Å². The Morgan fingerprint density at radius 2 is 2.06 bits per heavy atom. The molecule has 1 aliphatic heterocycles. The molecule has 92 valence electrons. The average molecular weight is 236 g/mol. The lowest BCUT2D eigenvalue weighted by molar-refractivity contribution is -0.128. The maximum atomic E-state index is 11.7. The topological polar surface area (TPSA) is 110 Å². The first-order valence-corrected chi connectivity index (χ1v) is 5.57. The summed E-state index contributed by atoms with van der Waals surface area (Å²) in [5.74, 6) is 0.926. The predicted molar refractivity (Wildman–Crippen MR) is 65.2 cm³/mol. The molecular weight excluding hydrogens is 220 g/mol. The summed E-state index contributed by atoms with van der Waals surface area (Å²) in [6.07, 6.45) is 2.16. The van der Waals surface area contributed by atoms with Crippen molar-refractivity contribution in [3.05, 3.63) is 6.07 Å². The van der Waals surface area contributed by atoms with Gasteiger partial charge < -0.3 is 21.7 Å². The molecule has 7 nitrogen and oxygen atoms in total. The van der Waals surface area contributed by atoms with Crippen molar-refractivity contribution in [3.8, 4) is 0 Å². The second kappa shape index (κ2) is 4.86. The Balaban J connectivity index is 1.90. The van der Waals surface area contributed by atoms with Gasteiger partial charge in [0, 0.05) is 19.2 Å². The van der Waals surface area contributed by atoms with Crippen LogP contribution in [0.3, 0.4) is 0 Å². The molecule has 1 aromatic heterocycles. The Morgan fingerprint density at radius 3 is 2.71 bits per heavy atom. The van der Waals surface area contributed by atoms with Gasteiger partial charge in [-0.3, -0.25) is 4.79 Å². The summed E-state index contributed by atoms with van der Waals surface area (Å²) in [5, 5.41) is 2.90. The van der Waals surface area contributed by atoms with Crippen LogP contribution in [0.2, 0.25) is 0 Å². The first-order chi connectivity index (χ1) is 8.15. The van der Waals surface area contributed by atoms with Crippen LogP contribution < -0.4 is 16.8 Å². The molecule has 0 saturated carbocycles. The molecule has 0 spiro atoms. The van der Waals surface area contributed by atoms with Gasteiger partial charge in [0.25, 0.3) is 0 Å². The number of nitrogens with zero attached hydrogens (tertiary/aromatic N) is 3. The van der Waals surface area contributed by atoms with Gasteiger partial charge in [-0.2, -0.15) is 9.97 Å². The molecule has 0 atom stereocenters. The third-order valence-electron chi connectivity index (χ3n) is 2.64. The van der Waals surface area contributed by atoms with Gasteiger partial charge in [0.2, 0.25) is 11.9 Å². The van der Waals surface area contributed by atoms with Crippen LogP contribution in [0.4, 0.5) is 17.6 Å². The minimum Gasteiger partial charge on any atom is -0.383 e. The molecule has 0 aliphatic carbocycles. The Bertz CT molecular complexity index is 395. The zero-order valence-electron chi connectivity index (χ0n) is 9.52. The van der Waals surface area contributed by atoms with Gasteiger partial charge in [-0.25, -0.2) is 0 Å². The van der Waals surface area contributed by atoms with Crippen molar-refractivity contribution in [2.75, 3.05) is 36.4 Å². The van der Waals surface area contributed by atoms with Crippen LogP contribution in [0.1, 0.15) is 12.8 Å². The van der Waals surface area contributed by atoms with E-state index in [9.17, 15) is 4.79 Å². The summed E-state index contributed by atoms with van der Waals surface area (Å²) in [4.78, 5) is 21.3. The molecule has 2 rings (SSSR count). The second-order valence-corrected chi connectivity index (χ2v) is 3.98. The van der Waals surface area contributed by atoms with Crippen molar-refractivity contribution < 1.29 is 4.79 Å². The third kappa shape index (κ3) is 2.96. The molecule has 0 aromatic carbocycles. The van der Waals surface area contributed by atoms with Gasteiger partial charge in [0.1, 0.15) is 11.6 Å². The van der Waals surface area contributed by atoms with Gasteiger partial charge in [0.15, 0.2) is 0 Å². The van der Waals surface area contributed by atoms with E-state index in [-0.39, 0.29) is 24.2 Å². The number of hydrogen-bond donors (Lipinski definition) is 3. The lowest BCUT2D eigenvalue weighted by Gasteiger charge is -2.15. The minimum absolute atomic E-state index is 0.0678. The SMILES string of the molecule is Nc1cc(NCC(=O)N2CCCC2)nc(N)n1. The molecule has 7 heteroatoms. The standard InChI is InChI=1S/C10H16N6O/c11-7-5-8(15-10(12)14-7)13-6-9(17)16-3-1-2-4-16/h5H,1-4,6H2,(H5,11,12,13,14,15). The summed E-state index contributed by atoms with van der Waals surface area (Å²) in [6.45, 7) is 1.89. The lowest BCUT2D eigenvalue weighted by atomic mass is 10.4. The molecule has 1 aromatic rings. The number of nitrogens with one attached hydrogen (secondary N) is 1. The van der Waals surface area contributed by atoms with Crippen LogP contribution in [0, 0.1) is 0 Å². The molecule has 0 radical (unpaired) electrons. The maximum absolute atomic E-state index is 11.7. The Hall–Kier alpha value is -2.05. The summed E-state index contributed by atoms with van der Waals surface area (Å²) < 4.78 is 0. The fourth-order valence-corrected chi connectivity index (χ4v) is 1.82. The number of aromatic nitrogens is 2. The molecule has 0 unspecified atom stereocenters. The Labute approximate surface area is 99.2 Å². The van der Waals surface area contributed by atoms with Crippen molar-refractivity contribution in [1.82, 2.24) is 14.9 Å². The number of nitrogen functional groups attached to an aromatic ring is 2. The Kier molecular flexibility index (Phi) is 3.27. The number of carbonyl (C=O) groups is 1. The quantitative estimate of drug-likeness (QED) is 0.663. The number of nitrogens with two attached hydrogens (primary N) is 2. The molecular formula is C10H16N6O. The van der Waals surface area contributed by atoms with Crippen molar-refractivity contribution in [3.63, 3.8) is 0 Å². The van der Waals surface area contributed by atoms with E-state index in [1.807, 2.05) is 4.90 Å². The first-order valence-electron chi connectivity index (χ1n) is 5.57. The number of hydrogen-bond acceptors (Lipinski definition) is 6. The minimum atomic E-state index is 0.0678. The van der Waals surface area contributed by atoms with E-state index in [1.165, 1.54) is 0 Å². The van der Waals surface area contributed by atoms with Crippen molar-refractivity contribution in [2.45, 2.75) is 12.8 Å². The highest BCUT2D eigenvalue weighted by atomic mass is 16.2. The van der Waals surface area contributed by atoms with Crippen molar-refractivity contribution in [2.24, 2.45) is 0 Å². The van der Waals surface area contributed by atoms with Gasteiger partial charge in [-0.15, -0.1) is 0 Å². The fourth-order valence-electron chi connectivity index (χ4n) is 1.82. The number of amides is 1. The summed E-state index contributed by atoms with van der Waals surface area (Å²) in [6, 6.07) is 1.55. The highest BCUT2D eigenvalue weighted by Gasteiger charge is 2.17. The molecule has 1 aliphatic rings. The van der Waals surface area contributed by atoms with E-state index in [0.717, 1.165) is 25.9 Å². The van der Waals surface area contributed by atoms with E-state index in [1.54, 1.807) is 6.07 Å². The van der Waals surface area contributed by atoms with E-state index < -0.39 is 0 Å². The molecule has 1 fully saturated rings. The maximum Gasteiger partial charge on any atom is 0.241 e. The number of anilines is 3. The van der Waals surface area contributed by atoms with Crippen LogP contribution in [-0.4, -0.2) is 40.4 Å². The fraction of sp³-hybridized carbons (Fsp3) is 0.500. The van der Waals surface area contributed by atoms with Gasteiger partial charge in [0.05, 0.1) is 6.54 Å². The first kappa shape index (κ1) is 11.4. The normalized spacial score (nSPS) is 14.9. The second-order valence-electron chi connectivity index (χ2n) is 3.98.